The lowest BCUT2D eigenvalue weighted by Gasteiger charge is -2.26. The number of carbonyl (C=O) groups is 1. The fourth-order valence-electron chi connectivity index (χ4n) is 4.21. The van der Waals surface area contributed by atoms with Crippen molar-refractivity contribution >= 4 is 54.6 Å². The molecule has 0 saturated heterocycles. The van der Waals surface area contributed by atoms with E-state index in [2.05, 4.69) is 10.0 Å². The Hall–Kier alpha value is -3.86. The molecular weight excluding hydrogens is 582 g/mol. The highest BCUT2D eigenvalue weighted by Gasteiger charge is 2.28. The van der Waals surface area contributed by atoms with Gasteiger partial charge in [-0.1, -0.05) is 53.6 Å². The maximum Gasteiger partial charge on any atom is 0.264 e. The van der Waals surface area contributed by atoms with Crippen molar-refractivity contribution in [1.29, 1.82) is 0 Å². The number of para-hydroxylation sites is 1. The summed E-state index contributed by atoms with van der Waals surface area (Å²) >= 11 is 6.19. The number of amides is 1. The number of hydrogen-bond donors (Lipinski definition) is 2. The molecule has 0 spiro atoms. The van der Waals surface area contributed by atoms with Gasteiger partial charge in [-0.3, -0.25) is 13.8 Å². The molecule has 214 valence electrons. The molecule has 2 N–H and O–H groups in total. The minimum atomic E-state index is -4.13. The summed E-state index contributed by atoms with van der Waals surface area (Å²) in [4.78, 5) is 13.2. The number of aryl methyl sites for hydroxylation is 4. The summed E-state index contributed by atoms with van der Waals surface area (Å²) in [5, 5.41) is 2.98. The summed E-state index contributed by atoms with van der Waals surface area (Å²) in [6, 6.07) is 22.3. The van der Waals surface area contributed by atoms with Crippen molar-refractivity contribution in [2.24, 2.45) is 0 Å². The van der Waals surface area contributed by atoms with Crippen LogP contribution in [0.5, 0.6) is 0 Å². The van der Waals surface area contributed by atoms with Crippen LogP contribution >= 0.6 is 11.6 Å². The monoisotopic (exact) mass is 611 g/mol. The van der Waals surface area contributed by atoms with E-state index in [4.69, 9.17) is 11.6 Å². The van der Waals surface area contributed by atoms with Crippen LogP contribution in [0.2, 0.25) is 5.02 Å². The van der Waals surface area contributed by atoms with Gasteiger partial charge in [-0.05, 0) is 92.9 Å². The third kappa shape index (κ3) is 6.90. The van der Waals surface area contributed by atoms with Crippen molar-refractivity contribution in [1.82, 2.24) is 0 Å². The SMILES string of the molecule is Cc1ccc(S(=O)(=O)N(CC(=O)Nc2ccc(S(=O)(=O)Nc3c(C)cccc3C)cc2)c2cc(Cl)ccc2C)cc1. The molecule has 41 heavy (non-hydrogen) atoms. The smallest absolute Gasteiger partial charge is 0.264 e. The first-order chi connectivity index (χ1) is 19.3. The number of halogens is 1. The molecule has 0 heterocycles. The molecule has 0 unspecified atom stereocenters. The third-order valence-electron chi connectivity index (χ3n) is 6.50. The lowest BCUT2D eigenvalue weighted by molar-refractivity contribution is -0.114. The van der Waals surface area contributed by atoms with Crippen molar-refractivity contribution < 1.29 is 21.6 Å². The largest absolute Gasteiger partial charge is 0.325 e. The number of rotatable bonds is 9. The number of nitrogens with one attached hydrogen (secondary N) is 2. The van der Waals surface area contributed by atoms with Crippen molar-refractivity contribution in [3.63, 3.8) is 0 Å². The van der Waals surface area contributed by atoms with Crippen LogP contribution < -0.4 is 14.3 Å². The summed E-state index contributed by atoms with van der Waals surface area (Å²) in [7, 11) is -8.02. The fourth-order valence-corrected chi connectivity index (χ4v) is 7.05. The zero-order valence-electron chi connectivity index (χ0n) is 23.0. The molecule has 0 saturated carbocycles. The summed E-state index contributed by atoms with van der Waals surface area (Å²) in [5.41, 5.74) is 4.17. The van der Waals surface area contributed by atoms with Gasteiger partial charge in [0, 0.05) is 10.7 Å². The van der Waals surface area contributed by atoms with Crippen LogP contribution in [0.4, 0.5) is 17.1 Å². The molecule has 1 amide bonds. The lowest BCUT2D eigenvalue weighted by atomic mass is 10.1. The topological polar surface area (TPSA) is 113 Å². The van der Waals surface area contributed by atoms with Crippen LogP contribution in [0.1, 0.15) is 22.3 Å². The average molecular weight is 612 g/mol. The first-order valence-electron chi connectivity index (χ1n) is 12.6. The second-order valence-electron chi connectivity index (χ2n) is 9.70. The Bertz CT molecular complexity index is 1790. The van der Waals surface area contributed by atoms with E-state index in [0.29, 0.717) is 22.0 Å². The molecule has 0 radical (unpaired) electrons. The molecule has 0 aliphatic rings. The van der Waals surface area contributed by atoms with Crippen LogP contribution in [0.3, 0.4) is 0 Å². The van der Waals surface area contributed by atoms with Gasteiger partial charge in [-0.25, -0.2) is 16.8 Å². The number of benzene rings is 4. The summed E-state index contributed by atoms with van der Waals surface area (Å²) in [5.74, 6) is -0.621. The van der Waals surface area contributed by atoms with Crippen molar-refractivity contribution in [2.45, 2.75) is 37.5 Å². The lowest BCUT2D eigenvalue weighted by Crippen LogP contribution is -2.38. The van der Waals surface area contributed by atoms with E-state index in [1.807, 2.05) is 39.0 Å². The Morgan fingerprint density at radius 3 is 1.95 bits per heavy atom. The van der Waals surface area contributed by atoms with Gasteiger partial charge < -0.3 is 5.32 Å². The number of carbonyl (C=O) groups excluding carboxylic acids is 1. The highest BCUT2D eigenvalue weighted by Crippen LogP contribution is 2.30. The standard InChI is InChI=1S/C30H30ClN3O5S2/c1-20-8-14-27(15-9-20)41(38,39)34(28-18-24(31)11-10-21(28)2)19-29(35)32-25-12-16-26(17-13-25)40(36,37)33-30-22(3)6-5-7-23(30)4/h5-18,33H,19H2,1-4H3,(H,32,35). The van der Waals surface area contributed by atoms with Crippen molar-refractivity contribution in [2.75, 3.05) is 20.9 Å². The average Bonchev–Trinajstić information content (AvgIpc) is 2.91. The fraction of sp³-hybridized carbons (Fsp3) is 0.167. The summed E-state index contributed by atoms with van der Waals surface area (Å²) < 4.78 is 57.0. The van der Waals surface area contributed by atoms with E-state index in [0.717, 1.165) is 21.0 Å². The predicted octanol–water partition coefficient (Wildman–Crippen LogP) is 6.21. The highest BCUT2D eigenvalue weighted by atomic mass is 35.5. The molecule has 0 bridgehead atoms. The number of hydrogen-bond acceptors (Lipinski definition) is 5. The molecule has 0 fully saturated rings. The van der Waals surface area contributed by atoms with Gasteiger partial charge in [0.15, 0.2) is 0 Å². The van der Waals surface area contributed by atoms with Crippen molar-refractivity contribution in [3.8, 4) is 0 Å². The zero-order chi connectivity index (χ0) is 29.9. The number of anilines is 3. The van der Waals surface area contributed by atoms with Gasteiger partial charge in [0.05, 0.1) is 21.2 Å². The first kappa shape index (κ1) is 30.1. The van der Waals surface area contributed by atoms with Gasteiger partial charge >= 0.3 is 0 Å². The second-order valence-corrected chi connectivity index (χ2v) is 13.7. The van der Waals surface area contributed by atoms with Crippen LogP contribution in [0.25, 0.3) is 0 Å². The molecule has 0 atom stereocenters. The van der Waals surface area contributed by atoms with Crippen molar-refractivity contribution in [3.05, 3.63) is 112 Å². The summed E-state index contributed by atoms with van der Waals surface area (Å²) in [6.07, 6.45) is 0. The molecule has 4 rings (SSSR count). The van der Waals surface area contributed by atoms with Crippen LogP contribution in [-0.4, -0.2) is 29.3 Å². The van der Waals surface area contributed by atoms with Gasteiger partial charge in [0.2, 0.25) is 5.91 Å². The van der Waals surface area contributed by atoms with E-state index in [9.17, 15) is 21.6 Å². The zero-order valence-corrected chi connectivity index (χ0v) is 25.4. The normalized spacial score (nSPS) is 11.6. The predicted molar refractivity (Wildman–Crippen MR) is 164 cm³/mol. The van der Waals surface area contributed by atoms with E-state index in [-0.39, 0.29) is 15.5 Å². The van der Waals surface area contributed by atoms with E-state index in [1.165, 1.54) is 42.5 Å². The summed E-state index contributed by atoms with van der Waals surface area (Å²) in [6.45, 7) is 6.67. The maximum absolute atomic E-state index is 13.7. The molecule has 4 aromatic carbocycles. The Morgan fingerprint density at radius 2 is 1.34 bits per heavy atom. The van der Waals surface area contributed by atoms with E-state index >= 15 is 0 Å². The number of sulfonamides is 2. The van der Waals surface area contributed by atoms with E-state index in [1.54, 1.807) is 31.2 Å². The Balaban J connectivity index is 1.57. The van der Waals surface area contributed by atoms with Gasteiger partial charge in [0.1, 0.15) is 6.54 Å². The first-order valence-corrected chi connectivity index (χ1v) is 15.9. The third-order valence-corrected chi connectivity index (χ3v) is 9.88. The van der Waals surface area contributed by atoms with Crippen LogP contribution in [-0.2, 0) is 24.8 Å². The molecule has 0 aromatic heterocycles. The van der Waals surface area contributed by atoms with Crippen LogP contribution in [0.15, 0.2) is 94.7 Å². The Labute approximate surface area is 246 Å². The van der Waals surface area contributed by atoms with Crippen LogP contribution in [0, 0.1) is 27.7 Å². The second kappa shape index (κ2) is 11.9. The minimum Gasteiger partial charge on any atom is -0.325 e. The molecule has 4 aromatic rings. The van der Waals surface area contributed by atoms with Gasteiger partial charge in [0.25, 0.3) is 20.0 Å². The molecule has 8 nitrogen and oxygen atoms in total. The molecule has 0 aliphatic carbocycles. The quantitative estimate of drug-likeness (QED) is 0.234. The van der Waals surface area contributed by atoms with Gasteiger partial charge in [-0.15, -0.1) is 0 Å². The maximum atomic E-state index is 13.7. The Kier molecular flexibility index (Phi) is 8.77. The highest BCUT2D eigenvalue weighted by molar-refractivity contribution is 7.93. The molecule has 0 aliphatic heterocycles. The minimum absolute atomic E-state index is 0.0104. The number of nitrogens with zero attached hydrogens (tertiary/aromatic N) is 1. The van der Waals surface area contributed by atoms with E-state index < -0.39 is 32.5 Å². The van der Waals surface area contributed by atoms with Gasteiger partial charge in [-0.2, -0.15) is 0 Å². The molecule has 11 heteroatoms. The molecular formula is C30H30ClN3O5S2. The Morgan fingerprint density at radius 1 is 0.756 bits per heavy atom.